The van der Waals surface area contributed by atoms with Crippen LogP contribution in [0.3, 0.4) is 0 Å². The highest BCUT2D eigenvalue weighted by molar-refractivity contribution is 5.93. The highest BCUT2D eigenvalue weighted by atomic mass is 19.2. The fourth-order valence-electron chi connectivity index (χ4n) is 1.01. The minimum absolute atomic E-state index is 0.234. The Labute approximate surface area is 92.4 Å². The highest BCUT2D eigenvalue weighted by Gasteiger charge is 2.14. The van der Waals surface area contributed by atoms with Gasteiger partial charge in [-0.3, -0.25) is 9.63 Å². The summed E-state index contributed by atoms with van der Waals surface area (Å²) in [6.45, 7) is 4.10. The van der Waals surface area contributed by atoms with Crippen LogP contribution in [0.15, 0.2) is 18.2 Å². The van der Waals surface area contributed by atoms with Gasteiger partial charge in [0.15, 0.2) is 11.6 Å². The number of carbonyl (C=O) groups is 1. The van der Waals surface area contributed by atoms with Crippen LogP contribution in [0.1, 0.15) is 24.2 Å². The van der Waals surface area contributed by atoms with E-state index in [-0.39, 0.29) is 11.5 Å². The molecule has 0 atom stereocenters. The van der Waals surface area contributed by atoms with Gasteiger partial charge in [-0.1, -0.05) is 19.9 Å². The molecule has 0 aliphatic rings. The molecule has 1 amide bonds. The van der Waals surface area contributed by atoms with E-state index in [1.54, 1.807) is 0 Å². The Morgan fingerprint density at radius 3 is 2.75 bits per heavy atom. The van der Waals surface area contributed by atoms with Crippen molar-refractivity contribution < 1.29 is 18.4 Å². The van der Waals surface area contributed by atoms with Gasteiger partial charge < -0.3 is 0 Å². The first-order chi connectivity index (χ1) is 7.52. The zero-order valence-corrected chi connectivity index (χ0v) is 9.09. The molecule has 5 heteroatoms. The molecule has 0 saturated carbocycles. The molecule has 88 valence electrons. The number of rotatable bonds is 4. The van der Waals surface area contributed by atoms with Crippen LogP contribution in [-0.4, -0.2) is 12.5 Å². The van der Waals surface area contributed by atoms with Gasteiger partial charge in [0.05, 0.1) is 12.2 Å². The summed E-state index contributed by atoms with van der Waals surface area (Å²) < 4.78 is 25.9. The minimum atomic E-state index is -1.17. The maximum atomic E-state index is 13.1. The summed E-state index contributed by atoms with van der Waals surface area (Å²) >= 11 is 0. The van der Waals surface area contributed by atoms with Crippen molar-refractivity contribution in [3.8, 4) is 0 Å². The van der Waals surface area contributed by atoms with Crippen molar-refractivity contribution in [2.45, 2.75) is 13.8 Å². The summed E-state index contributed by atoms with van der Waals surface area (Å²) in [6, 6.07) is 3.39. The molecule has 0 saturated heterocycles. The van der Waals surface area contributed by atoms with Crippen LogP contribution in [0.5, 0.6) is 0 Å². The first kappa shape index (κ1) is 12.6. The number of halogens is 2. The molecule has 1 rings (SSSR count). The average molecular weight is 229 g/mol. The second-order valence-corrected chi connectivity index (χ2v) is 3.74. The zero-order valence-electron chi connectivity index (χ0n) is 9.09. The Bertz CT molecular complexity index is 380. The SMILES string of the molecule is CC(C)CONC(=O)c1cccc(F)c1F. The van der Waals surface area contributed by atoms with Gasteiger partial charge in [-0.2, -0.15) is 0 Å². The molecule has 0 heterocycles. The highest BCUT2D eigenvalue weighted by Crippen LogP contribution is 2.10. The lowest BCUT2D eigenvalue weighted by molar-refractivity contribution is 0.0205. The molecule has 0 aliphatic carbocycles. The first-order valence-corrected chi connectivity index (χ1v) is 4.88. The number of hydrogen-bond donors (Lipinski definition) is 1. The lowest BCUT2D eigenvalue weighted by Gasteiger charge is -2.08. The molecule has 1 aromatic carbocycles. The molecule has 0 aromatic heterocycles. The molecule has 0 unspecified atom stereocenters. The van der Waals surface area contributed by atoms with E-state index in [0.717, 1.165) is 6.07 Å². The van der Waals surface area contributed by atoms with E-state index < -0.39 is 17.5 Å². The number of carbonyl (C=O) groups excluding carboxylic acids is 1. The third kappa shape index (κ3) is 3.27. The third-order valence-corrected chi connectivity index (χ3v) is 1.78. The van der Waals surface area contributed by atoms with Crippen molar-refractivity contribution in [2.24, 2.45) is 5.92 Å². The number of hydroxylamine groups is 1. The van der Waals surface area contributed by atoms with E-state index in [0.29, 0.717) is 6.61 Å². The van der Waals surface area contributed by atoms with E-state index in [4.69, 9.17) is 4.84 Å². The zero-order chi connectivity index (χ0) is 12.1. The van der Waals surface area contributed by atoms with E-state index in [2.05, 4.69) is 5.48 Å². The third-order valence-electron chi connectivity index (χ3n) is 1.78. The Morgan fingerprint density at radius 1 is 1.44 bits per heavy atom. The lowest BCUT2D eigenvalue weighted by atomic mass is 10.2. The van der Waals surface area contributed by atoms with Crippen LogP contribution in [0.25, 0.3) is 0 Å². The molecule has 3 nitrogen and oxygen atoms in total. The normalized spacial score (nSPS) is 10.6. The summed E-state index contributed by atoms with van der Waals surface area (Å²) in [5.41, 5.74) is 1.68. The van der Waals surface area contributed by atoms with Crippen LogP contribution >= 0.6 is 0 Å². The number of amides is 1. The van der Waals surface area contributed by atoms with Crippen LogP contribution in [0.2, 0.25) is 0 Å². The van der Waals surface area contributed by atoms with Crippen molar-refractivity contribution in [2.75, 3.05) is 6.61 Å². The van der Waals surface area contributed by atoms with Crippen molar-refractivity contribution in [1.82, 2.24) is 5.48 Å². The smallest absolute Gasteiger partial charge is 0.273 e. The van der Waals surface area contributed by atoms with Crippen LogP contribution in [0.4, 0.5) is 8.78 Å². The first-order valence-electron chi connectivity index (χ1n) is 4.88. The maximum absolute atomic E-state index is 13.1. The fraction of sp³-hybridized carbons (Fsp3) is 0.364. The largest absolute Gasteiger partial charge is 0.277 e. The molecule has 0 spiro atoms. The van der Waals surface area contributed by atoms with E-state index >= 15 is 0 Å². The molecule has 0 aliphatic heterocycles. The number of hydrogen-bond acceptors (Lipinski definition) is 2. The van der Waals surface area contributed by atoms with E-state index in [1.165, 1.54) is 12.1 Å². The predicted molar refractivity (Wildman–Crippen MR) is 54.6 cm³/mol. The maximum Gasteiger partial charge on any atom is 0.277 e. The summed E-state index contributed by atoms with van der Waals surface area (Å²) in [6.07, 6.45) is 0. The van der Waals surface area contributed by atoms with E-state index in [1.807, 2.05) is 13.8 Å². The molecule has 16 heavy (non-hydrogen) atoms. The van der Waals surface area contributed by atoms with Gasteiger partial charge in [0.1, 0.15) is 0 Å². The Hall–Kier alpha value is -1.49. The topological polar surface area (TPSA) is 38.3 Å². The van der Waals surface area contributed by atoms with Crippen molar-refractivity contribution >= 4 is 5.91 Å². The number of benzene rings is 1. The lowest BCUT2D eigenvalue weighted by Crippen LogP contribution is -2.26. The van der Waals surface area contributed by atoms with Gasteiger partial charge in [0.2, 0.25) is 0 Å². The second kappa shape index (κ2) is 5.55. The molecular weight excluding hydrogens is 216 g/mol. The molecule has 1 N–H and O–H groups in total. The Morgan fingerprint density at radius 2 is 2.12 bits per heavy atom. The predicted octanol–water partition coefficient (Wildman–Crippen LogP) is 2.28. The van der Waals surface area contributed by atoms with Crippen LogP contribution in [0, 0.1) is 17.6 Å². The standard InChI is InChI=1S/C11H13F2NO2/c1-7(2)6-16-14-11(15)8-4-3-5-9(12)10(8)13/h3-5,7H,6H2,1-2H3,(H,14,15). The molecular formula is C11H13F2NO2. The quantitative estimate of drug-likeness (QED) is 0.804. The molecule has 0 radical (unpaired) electrons. The second-order valence-electron chi connectivity index (χ2n) is 3.74. The summed E-state index contributed by atoms with van der Waals surface area (Å²) in [5, 5.41) is 0. The van der Waals surface area contributed by atoms with Gasteiger partial charge in [-0.15, -0.1) is 0 Å². The molecule has 1 aromatic rings. The van der Waals surface area contributed by atoms with Crippen LogP contribution in [-0.2, 0) is 4.84 Å². The number of nitrogens with one attached hydrogen (secondary N) is 1. The molecule has 0 fully saturated rings. The van der Waals surface area contributed by atoms with Gasteiger partial charge in [-0.25, -0.2) is 14.3 Å². The fourth-order valence-corrected chi connectivity index (χ4v) is 1.01. The van der Waals surface area contributed by atoms with Crippen molar-refractivity contribution in [3.63, 3.8) is 0 Å². The van der Waals surface area contributed by atoms with Crippen molar-refractivity contribution in [3.05, 3.63) is 35.4 Å². The van der Waals surface area contributed by atoms with Gasteiger partial charge in [0, 0.05) is 0 Å². The minimum Gasteiger partial charge on any atom is -0.273 e. The van der Waals surface area contributed by atoms with Gasteiger partial charge >= 0.3 is 0 Å². The van der Waals surface area contributed by atoms with Crippen molar-refractivity contribution in [1.29, 1.82) is 0 Å². The van der Waals surface area contributed by atoms with Gasteiger partial charge in [0.25, 0.3) is 5.91 Å². The van der Waals surface area contributed by atoms with Crippen LogP contribution < -0.4 is 5.48 Å². The summed E-state index contributed by atoms with van der Waals surface area (Å²) in [4.78, 5) is 16.2. The summed E-state index contributed by atoms with van der Waals surface area (Å²) in [7, 11) is 0. The Kier molecular flexibility index (Phi) is 4.37. The molecule has 0 bridgehead atoms. The van der Waals surface area contributed by atoms with E-state index in [9.17, 15) is 13.6 Å². The average Bonchev–Trinajstić information content (AvgIpc) is 2.21. The Balaban J connectivity index is 2.63. The summed E-state index contributed by atoms with van der Waals surface area (Å²) in [5.74, 6) is -2.79. The monoisotopic (exact) mass is 229 g/mol. The van der Waals surface area contributed by atoms with Gasteiger partial charge in [-0.05, 0) is 18.1 Å².